The zero-order valence-corrected chi connectivity index (χ0v) is 20.7. The summed E-state index contributed by atoms with van der Waals surface area (Å²) >= 11 is 0. The van der Waals surface area contributed by atoms with Gasteiger partial charge in [-0.1, -0.05) is 26.8 Å². The van der Waals surface area contributed by atoms with Crippen LogP contribution in [-0.2, 0) is 16.6 Å². The number of likely N-dealkylation sites (tertiary alicyclic amines) is 1. The molecule has 6 heteroatoms. The maximum Gasteiger partial charge on any atom is 0.179 e. The molecule has 1 aromatic rings. The second-order valence-corrected chi connectivity index (χ2v) is 12.3. The molecule has 4 bridgehead atoms. The smallest absolute Gasteiger partial charge is 0.179 e. The van der Waals surface area contributed by atoms with Crippen molar-refractivity contribution in [1.82, 2.24) is 4.90 Å². The van der Waals surface area contributed by atoms with Crippen molar-refractivity contribution in [3.8, 4) is 17.7 Å². The van der Waals surface area contributed by atoms with Gasteiger partial charge in [0.25, 0.3) is 0 Å². The molecule has 178 valence electrons. The van der Waals surface area contributed by atoms with Gasteiger partial charge in [0.15, 0.2) is 17.7 Å². The van der Waals surface area contributed by atoms with E-state index in [9.17, 15) is 10.4 Å². The zero-order valence-electron chi connectivity index (χ0n) is 20.7. The maximum absolute atomic E-state index is 12.1. The van der Waals surface area contributed by atoms with Crippen LogP contribution in [0.3, 0.4) is 0 Å². The molecule has 0 amide bonds. The minimum atomic E-state index is -0.966. The van der Waals surface area contributed by atoms with E-state index in [1.54, 1.807) is 14.2 Å². The first-order valence-electron chi connectivity index (χ1n) is 12.3. The molecule has 0 radical (unpaired) electrons. The predicted molar refractivity (Wildman–Crippen MR) is 123 cm³/mol. The Kier molecular flexibility index (Phi) is 4.03. The summed E-state index contributed by atoms with van der Waals surface area (Å²) < 4.78 is 19.3. The Morgan fingerprint density at radius 2 is 1.94 bits per heavy atom. The van der Waals surface area contributed by atoms with Crippen LogP contribution in [0.2, 0.25) is 0 Å². The molecule has 7 atom stereocenters. The third-order valence-corrected chi connectivity index (χ3v) is 10.9. The SMILES string of the molecule is COc1ccc2c3c1O[C@H]1[C@@]4(OC)CCC5(C[C@@H]4[C@](C)(O)C(C)(C)C)[C@@H](C2)N(C#N)CC[C@]315. The van der Waals surface area contributed by atoms with Gasteiger partial charge in [0.1, 0.15) is 11.7 Å². The summed E-state index contributed by atoms with van der Waals surface area (Å²) in [6.45, 7) is 9.05. The maximum atomic E-state index is 12.1. The standard InChI is InChI=1S/C27H36N2O4/c1-23(2,3)24(4,30)18-14-25-9-10-27(18,32-6)22-26(25)11-12-29(15-28)19(25)13-16-7-8-17(31-5)21(33-22)20(16)26/h7-8,18-19,22,30H,9-14H2,1-6H3/t18-,19-,22-,24+,25?,26+,27-/m1/s1. The summed E-state index contributed by atoms with van der Waals surface area (Å²) in [7, 11) is 3.50. The van der Waals surface area contributed by atoms with E-state index in [4.69, 9.17) is 14.2 Å². The fraction of sp³-hybridized carbons (Fsp3) is 0.741. The van der Waals surface area contributed by atoms with Crippen molar-refractivity contribution in [2.24, 2.45) is 16.7 Å². The lowest BCUT2D eigenvalue weighted by molar-refractivity contribution is -0.309. The normalized spacial score (nSPS) is 41.6. The van der Waals surface area contributed by atoms with Gasteiger partial charge in [0, 0.05) is 42.0 Å². The summed E-state index contributed by atoms with van der Waals surface area (Å²) in [5.41, 5.74) is 0.315. The third kappa shape index (κ3) is 2.10. The first-order valence-corrected chi connectivity index (χ1v) is 12.3. The molecule has 1 unspecified atom stereocenters. The zero-order chi connectivity index (χ0) is 23.6. The molecule has 1 saturated heterocycles. The molecule has 33 heavy (non-hydrogen) atoms. The lowest BCUT2D eigenvalue weighted by Crippen LogP contribution is -2.83. The number of hydrogen-bond donors (Lipinski definition) is 1. The molecule has 2 heterocycles. The van der Waals surface area contributed by atoms with E-state index in [-0.39, 0.29) is 34.3 Å². The van der Waals surface area contributed by atoms with Gasteiger partial charge in [-0.25, -0.2) is 0 Å². The average Bonchev–Trinajstić information content (AvgIpc) is 3.15. The van der Waals surface area contributed by atoms with Crippen LogP contribution < -0.4 is 9.47 Å². The number of nitriles is 1. The van der Waals surface area contributed by atoms with Gasteiger partial charge < -0.3 is 24.2 Å². The molecule has 3 saturated carbocycles. The number of hydrogen-bond acceptors (Lipinski definition) is 6. The molecule has 4 fully saturated rings. The second-order valence-electron chi connectivity index (χ2n) is 12.3. The summed E-state index contributed by atoms with van der Waals surface area (Å²) in [5, 5.41) is 22.2. The van der Waals surface area contributed by atoms with Gasteiger partial charge in [-0.2, -0.15) is 5.26 Å². The third-order valence-electron chi connectivity index (χ3n) is 10.9. The molecule has 6 nitrogen and oxygen atoms in total. The lowest BCUT2D eigenvalue weighted by atomic mass is 9.33. The molecule has 7 rings (SSSR count). The molecule has 6 aliphatic rings. The molecule has 2 aliphatic heterocycles. The average molecular weight is 453 g/mol. The largest absolute Gasteiger partial charge is 0.493 e. The number of nitrogens with zero attached hydrogens (tertiary/aromatic N) is 2. The Bertz CT molecular complexity index is 1070. The summed E-state index contributed by atoms with van der Waals surface area (Å²) in [6, 6.07) is 4.30. The van der Waals surface area contributed by atoms with Crippen molar-refractivity contribution in [3.63, 3.8) is 0 Å². The Hall–Kier alpha value is -1.97. The minimum absolute atomic E-state index is 0.107. The molecule has 1 aromatic carbocycles. The van der Waals surface area contributed by atoms with Gasteiger partial charge in [0.2, 0.25) is 0 Å². The lowest BCUT2D eigenvalue weighted by Gasteiger charge is -2.75. The highest BCUT2D eigenvalue weighted by molar-refractivity contribution is 5.63. The molecule has 2 spiro atoms. The summed E-state index contributed by atoms with van der Waals surface area (Å²) in [6.07, 6.45) is 6.68. The Morgan fingerprint density at radius 1 is 1.18 bits per heavy atom. The highest BCUT2D eigenvalue weighted by Gasteiger charge is 2.82. The first-order chi connectivity index (χ1) is 15.5. The van der Waals surface area contributed by atoms with Crippen LogP contribution in [0.1, 0.15) is 64.5 Å². The Morgan fingerprint density at radius 3 is 2.58 bits per heavy atom. The number of benzene rings is 1. The predicted octanol–water partition coefficient (Wildman–Crippen LogP) is 3.79. The van der Waals surface area contributed by atoms with Crippen LogP contribution in [0.25, 0.3) is 0 Å². The first kappa shape index (κ1) is 21.6. The highest BCUT2D eigenvalue weighted by atomic mass is 16.6. The van der Waals surface area contributed by atoms with Crippen molar-refractivity contribution in [2.75, 3.05) is 20.8 Å². The van der Waals surface area contributed by atoms with Crippen molar-refractivity contribution in [2.45, 2.75) is 88.6 Å². The highest BCUT2D eigenvalue weighted by Crippen LogP contribution is 2.77. The van der Waals surface area contributed by atoms with E-state index < -0.39 is 11.2 Å². The van der Waals surface area contributed by atoms with E-state index in [0.29, 0.717) is 0 Å². The molecular weight excluding hydrogens is 416 g/mol. The topological polar surface area (TPSA) is 75.0 Å². The van der Waals surface area contributed by atoms with E-state index in [0.717, 1.165) is 50.1 Å². The van der Waals surface area contributed by atoms with Crippen LogP contribution in [0.5, 0.6) is 11.5 Å². The van der Waals surface area contributed by atoms with Crippen LogP contribution in [0, 0.1) is 28.2 Å². The number of piperidine rings is 1. The fourth-order valence-electron chi connectivity index (χ4n) is 8.91. The van der Waals surface area contributed by atoms with E-state index in [1.807, 2.05) is 17.9 Å². The second kappa shape index (κ2) is 6.17. The van der Waals surface area contributed by atoms with E-state index in [2.05, 4.69) is 33.0 Å². The van der Waals surface area contributed by atoms with Crippen molar-refractivity contribution >= 4 is 0 Å². The molecule has 0 aromatic heterocycles. The van der Waals surface area contributed by atoms with Gasteiger partial charge in [0.05, 0.1) is 12.7 Å². The number of methoxy groups -OCH3 is 2. The quantitative estimate of drug-likeness (QED) is 0.704. The van der Waals surface area contributed by atoms with Crippen LogP contribution in [-0.4, -0.2) is 54.1 Å². The van der Waals surface area contributed by atoms with E-state index >= 15 is 0 Å². The van der Waals surface area contributed by atoms with Gasteiger partial charge in [-0.3, -0.25) is 0 Å². The molecular formula is C27H36N2O4. The molecule has 1 N–H and O–H groups in total. The van der Waals surface area contributed by atoms with Gasteiger partial charge in [-0.15, -0.1) is 0 Å². The number of aliphatic hydroxyl groups is 1. The van der Waals surface area contributed by atoms with Crippen LogP contribution in [0.4, 0.5) is 0 Å². The number of fused-ring (bicyclic) bond motifs is 2. The summed E-state index contributed by atoms with van der Waals surface area (Å²) in [4.78, 5) is 2.03. The minimum Gasteiger partial charge on any atom is -0.493 e. The van der Waals surface area contributed by atoms with Crippen molar-refractivity contribution in [1.29, 1.82) is 5.26 Å². The van der Waals surface area contributed by atoms with Crippen LogP contribution >= 0.6 is 0 Å². The van der Waals surface area contributed by atoms with Crippen molar-refractivity contribution in [3.05, 3.63) is 23.3 Å². The monoisotopic (exact) mass is 452 g/mol. The summed E-state index contributed by atoms with van der Waals surface area (Å²) in [5.74, 6) is 1.54. The Balaban J connectivity index is 1.66. The van der Waals surface area contributed by atoms with Gasteiger partial charge >= 0.3 is 0 Å². The van der Waals surface area contributed by atoms with Gasteiger partial charge in [-0.05, 0) is 56.1 Å². The number of ether oxygens (including phenoxy) is 3. The van der Waals surface area contributed by atoms with Crippen molar-refractivity contribution < 1.29 is 19.3 Å². The molecule has 4 aliphatic carbocycles. The number of rotatable bonds is 3. The Labute approximate surface area is 196 Å². The fourth-order valence-corrected chi connectivity index (χ4v) is 8.91. The van der Waals surface area contributed by atoms with Crippen LogP contribution in [0.15, 0.2) is 12.1 Å². The van der Waals surface area contributed by atoms with E-state index in [1.165, 1.54) is 11.1 Å².